The molecule has 0 aliphatic heterocycles. The van der Waals surface area contributed by atoms with Crippen LogP contribution in [-0.2, 0) is 4.74 Å². The van der Waals surface area contributed by atoms with Gasteiger partial charge in [0.1, 0.15) is 0 Å². The van der Waals surface area contributed by atoms with E-state index < -0.39 is 0 Å². The lowest BCUT2D eigenvalue weighted by molar-refractivity contribution is 0.142. The van der Waals surface area contributed by atoms with Crippen LogP contribution >= 0.6 is 0 Å². The van der Waals surface area contributed by atoms with Crippen molar-refractivity contribution in [2.45, 2.75) is 32.6 Å². The molecule has 2 heteroatoms. The highest BCUT2D eigenvalue weighted by atomic mass is 16.5. The van der Waals surface area contributed by atoms with Gasteiger partial charge in [0.2, 0.25) is 0 Å². The Labute approximate surface area is 98.8 Å². The smallest absolute Gasteiger partial charge is 0.0466 e. The van der Waals surface area contributed by atoms with Gasteiger partial charge in [-0.3, -0.25) is 0 Å². The maximum absolute atomic E-state index is 5.83. The second kappa shape index (κ2) is 7.42. The molecule has 1 rings (SSSR count). The highest BCUT2D eigenvalue weighted by molar-refractivity contribution is 5.25. The Morgan fingerprint density at radius 3 is 2.81 bits per heavy atom. The van der Waals surface area contributed by atoms with E-state index in [0.717, 1.165) is 32.6 Å². The van der Waals surface area contributed by atoms with E-state index in [1.807, 2.05) is 6.92 Å². The molecule has 2 N–H and O–H groups in total. The van der Waals surface area contributed by atoms with Gasteiger partial charge in [0, 0.05) is 13.2 Å². The quantitative estimate of drug-likeness (QED) is 0.719. The van der Waals surface area contributed by atoms with Gasteiger partial charge in [-0.25, -0.2) is 0 Å². The summed E-state index contributed by atoms with van der Waals surface area (Å²) < 4.78 is 5.35. The van der Waals surface area contributed by atoms with Crippen LogP contribution in [0.25, 0.3) is 0 Å². The molecule has 90 valence electrons. The maximum Gasteiger partial charge on any atom is 0.0466 e. The van der Waals surface area contributed by atoms with Gasteiger partial charge in [-0.05, 0) is 44.7 Å². The number of nitrogens with two attached hydrogens (primary N) is 1. The zero-order chi connectivity index (χ0) is 11.8. The molecule has 0 fully saturated rings. The molecule has 1 aromatic carbocycles. The molecule has 1 aromatic rings. The van der Waals surface area contributed by atoms with Crippen LogP contribution in [0, 0.1) is 6.92 Å². The molecule has 0 aliphatic rings. The van der Waals surface area contributed by atoms with E-state index in [9.17, 15) is 0 Å². The van der Waals surface area contributed by atoms with Crippen molar-refractivity contribution < 1.29 is 4.74 Å². The van der Waals surface area contributed by atoms with E-state index in [-0.39, 0.29) is 0 Å². The molecule has 2 nitrogen and oxygen atoms in total. The van der Waals surface area contributed by atoms with Crippen LogP contribution in [0.5, 0.6) is 0 Å². The summed E-state index contributed by atoms with van der Waals surface area (Å²) in [5, 5.41) is 0. The third-order valence-electron chi connectivity index (χ3n) is 2.84. The molecule has 0 aliphatic carbocycles. The molecule has 16 heavy (non-hydrogen) atoms. The van der Waals surface area contributed by atoms with Gasteiger partial charge in [0.05, 0.1) is 0 Å². The lowest BCUT2D eigenvalue weighted by atomic mass is 9.93. The average molecular weight is 221 g/mol. The number of rotatable bonds is 7. The number of ether oxygens (including phenoxy) is 1. The minimum absolute atomic E-state index is 0.473. The average Bonchev–Trinajstić information content (AvgIpc) is 2.29. The van der Waals surface area contributed by atoms with Crippen molar-refractivity contribution in [1.29, 1.82) is 0 Å². The summed E-state index contributed by atoms with van der Waals surface area (Å²) in [5.74, 6) is 0.473. The minimum Gasteiger partial charge on any atom is -0.382 e. The van der Waals surface area contributed by atoms with E-state index in [2.05, 4.69) is 31.2 Å². The molecule has 0 heterocycles. The summed E-state index contributed by atoms with van der Waals surface area (Å²) in [6.07, 6.45) is 2.20. The van der Waals surface area contributed by atoms with E-state index in [0.29, 0.717) is 5.92 Å². The summed E-state index contributed by atoms with van der Waals surface area (Å²) in [6, 6.07) is 8.64. The largest absolute Gasteiger partial charge is 0.382 e. The monoisotopic (exact) mass is 221 g/mol. The zero-order valence-corrected chi connectivity index (χ0v) is 10.4. The third kappa shape index (κ3) is 4.33. The highest BCUT2D eigenvalue weighted by Crippen LogP contribution is 2.20. The molecule has 0 saturated heterocycles. The Hall–Kier alpha value is -0.860. The zero-order valence-electron chi connectivity index (χ0n) is 10.4. The first kappa shape index (κ1) is 13.2. The Morgan fingerprint density at radius 2 is 2.19 bits per heavy atom. The summed E-state index contributed by atoms with van der Waals surface area (Å²) in [5.41, 5.74) is 8.50. The van der Waals surface area contributed by atoms with Gasteiger partial charge in [0.15, 0.2) is 0 Å². The second-order valence-electron chi connectivity index (χ2n) is 4.19. The molecule has 0 aromatic heterocycles. The molecule has 0 radical (unpaired) electrons. The number of hydrogen-bond donors (Lipinski definition) is 1. The normalized spacial score (nSPS) is 12.7. The number of benzene rings is 1. The Kier molecular flexibility index (Phi) is 6.12. The SMILES string of the molecule is CCOCCCC(CN)c1cccc(C)c1. The fraction of sp³-hybridized carbons (Fsp3) is 0.571. The summed E-state index contributed by atoms with van der Waals surface area (Å²) in [7, 11) is 0. The van der Waals surface area contributed by atoms with Gasteiger partial charge in [-0.15, -0.1) is 0 Å². The van der Waals surface area contributed by atoms with E-state index in [4.69, 9.17) is 10.5 Å². The van der Waals surface area contributed by atoms with Crippen molar-refractivity contribution in [1.82, 2.24) is 0 Å². The predicted molar refractivity (Wildman–Crippen MR) is 68.7 cm³/mol. The molecule has 0 spiro atoms. The molecular formula is C14H23NO. The van der Waals surface area contributed by atoms with Gasteiger partial charge >= 0.3 is 0 Å². The molecule has 0 bridgehead atoms. The van der Waals surface area contributed by atoms with Crippen LogP contribution in [0.2, 0.25) is 0 Å². The summed E-state index contributed by atoms with van der Waals surface area (Å²) >= 11 is 0. The Balaban J connectivity index is 2.47. The third-order valence-corrected chi connectivity index (χ3v) is 2.84. The number of hydrogen-bond acceptors (Lipinski definition) is 2. The van der Waals surface area contributed by atoms with E-state index >= 15 is 0 Å². The molecule has 1 atom stereocenters. The van der Waals surface area contributed by atoms with E-state index in [1.165, 1.54) is 11.1 Å². The predicted octanol–water partition coefficient (Wildman–Crippen LogP) is 2.85. The van der Waals surface area contributed by atoms with Crippen LogP contribution in [0.15, 0.2) is 24.3 Å². The lowest BCUT2D eigenvalue weighted by Gasteiger charge is -2.15. The second-order valence-corrected chi connectivity index (χ2v) is 4.19. The van der Waals surface area contributed by atoms with Crippen molar-refractivity contribution >= 4 is 0 Å². The van der Waals surface area contributed by atoms with Crippen LogP contribution in [0.1, 0.15) is 36.8 Å². The van der Waals surface area contributed by atoms with Crippen LogP contribution < -0.4 is 5.73 Å². The van der Waals surface area contributed by atoms with E-state index in [1.54, 1.807) is 0 Å². The van der Waals surface area contributed by atoms with Crippen molar-refractivity contribution in [3.8, 4) is 0 Å². The van der Waals surface area contributed by atoms with Crippen LogP contribution in [0.3, 0.4) is 0 Å². The van der Waals surface area contributed by atoms with Crippen LogP contribution in [-0.4, -0.2) is 19.8 Å². The summed E-state index contributed by atoms with van der Waals surface area (Å²) in [4.78, 5) is 0. The summed E-state index contributed by atoms with van der Waals surface area (Å²) in [6.45, 7) is 6.52. The van der Waals surface area contributed by atoms with Gasteiger partial charge in [-0.2, -0.15) is 0 Å². The molecule has 0 amide bonds. The van der Waals surface area contributed by atoms with Crippen molar-refractivity contribution in [3.63, 3.8) is 0 Å². The lowest BCUT2D eigenvalue weighted by Crippen LogP contribution is -2.13. The van der Waals surface area contributed by atoms with Crippen molar-refractivity contribution in [2.24, 2.45) is 5.73 Å². The molecule has 1 unspecified atom stereocenters. The Bertz CT molecular complexity index is 299. The molecule has 0 saturated carbocycles. The topological polar surface area (TPSA) is 35.2 Å². The maximum atomic E-state index is 5.83. The van der Waals surface area contributed by atoms with Crippen molar-refractivity contribution in [3.05, 3.63) is 35.4 Å². The minimum atomic E-state index is 0.473. The first-order valence-corrected chi connectivity index (χ1v) is 6.12. The van der Waals surface area contributed by atoms with Gasteiger partial charge in [0.25, 0.3) is 0 Å². The van der Waals surface area contributed by atoms with Gasteiger partial charge in [-0.1, -0.05) is 29.8 Å². The van der Waals surface area contributed by atoms with Crippen LogP contribution in [0.4, 0.5) is 0 Å². The highest BCUT2D eigenvalue weighted by Gasteiger charge is 2.09. The molecular weight excluding hydrogens is 198 g/mol. The fourth-order valence-electron chi connectivity index (χ4n) is 1.92. The standard InChI is InChI=1S/C14H23NO/c1-3-16-9-5-8-14(11-15)13-7-4-6-12(2)10-13/h4,6-7,10,14H,3,5,8-9,11,15H2,1-2H3. The Morgan fingerprint density at radius 1 is 1.38 bits per heavy atom. The van der Waals surface area contributed by atoms with Gasteiger partial charge < -0.3 is 10.5 Å². The number of aryl methyl sites for hydroxylation is 1. The fourth-order valence-corrected chi connectivity index (χ4v) is 1.92. The first-order valence-electron chi connectivity index (χ1n) is 6.12. The first-order chi connectivity index (χ1) is 7.77. The van der Waals surface area contributed by atoms with Crippen molar-refractivity contribution in [2.75, 3.05) is 19.8 Å².